The van der Waals surface area contributed by atoms with Gasteiger partial charge in [-0.3, -0.25) is 14.8 Å². The van der Waals surface area contributed by atoms with E-state index in [0.717, 1.165) is 0 Å². The third kappa shape index (κ3) is 3.11. The number of nitrogens with zero attached hydrogens (tertiary/aromatic N) is 2. The van der Waals surface area contributed by atoms with E-state index in [1.165, 1.54) is 0 Å². The van der Waals surface area contributed by atoms with E-state index in [1.54, 1.807) is 42.9 Å². The van der Waals surface area contributed by atoms with Crippen LogP contribution in [0.3, 0.4) is 0 Å². The van der Waals surface area contributed by atoms with E-state index < -0.39 is 0 Å². The van der Waals surface area contributed by atoms with Crippen molar-refractivity contribution >= 4 is 11.6 Å². The van der Waals surface area contributed by atoms with Gasteiger partial charge in [0.05, 0.1) is 0 Å². The second-order valence-corrected chi connectivity index (χ2v) is 3.70. The highest BCUT2D eigenvalue weighted by Gasteiger charge is 2.07. The first-order valence-electron chi connectivity index (χ1n) is 5.57. The van der Waals surface area contributed by atoms with E-state index in [2.05, 4.69) is 15.3 Å². The van der Waals surface area contributed by atoms with E-state index in [0.29, 0.717) is 23.4 Å². The topological polar surface area (TPSA) is 75.1 Å². The van der Waals surface area contributed by atoms with Gasteiger partial charge in [0, 0.05) is 48.6 Å². The molecule has 92 valence electrons. The molecule has 2 N–H and O–H groups in total. The van der Waals surface area contributed by atoms with Crippen molar-refractivity contribution in [2.24, 2.45) is 0 Å². The monoisotopic (exact) mass is 243 g/mol. The second kappa shape index (κ2) is 5.88. The van der Waals surface area contributed by atoms with Crippen LogP contribution < -0.4 is 5.32 Å². The van der Waals surface area contributed by atoms with Crippen LogP contribution in [-0.2, 0) is 6.42 Å². The summed E-state index contributed by atoms with van der Waals surface area (Å²) in [6.07, 6.45) is 5.22. The molecule has 0 radical (unpaired) electrons. The zero-order valence-electron chi connectivity index (χ0n) is 9.71. The first kappa shape index (κ1) is 12.2. The highest BCUT2D eigenvalue weighted by Crippen LogP contribution is 2.08. The normalized spacial score (nSPS) is 10.1. The molecule has 0 fully saturated rings. The lowest BCUT2D eigenvalue weighted by Gasteiger charge is -2.05. The smallest absolute Gasteiger partial charge is 0.255 e. The Bertz CT molecular complexity index is 529. The molecule has 0 unspecified atom stereocenters. The van der Waals surface area contributed by atoms with Crippen molar-refractivity contribution in [3.63, 3.8) is 0 Å². The summed E-state index contributed by atoms with van der Waals surface area (Å²) in [5, 5.41) is 11.6. The molecule has 0 aliphatic carbocycles. The molecule has 0 bridgehead atoms. The number of hydrogen-bond acceptors (Lipinski definition) is 4. The van der Waals surface area contributed by atoms with Gasteiger partial charge in [-0.2, -0.15) is 0 Å². The van der Waals surface area contributed by atoms with Crippen LogP contribution in [-0.4, -0.2) is 27.6 Å². The van der Waals surface area contributed by atoms with Crippen molar-refractivity contribution in [3.05, 3.63) is 54.1 Å². The van der Waals surface area contributed by atoms with Crippen molar-refractivity contribution < 1.29 is 9.90 Å². The maximum Gasteiger partial charge on any atom is 0.255 e. The predicted molar refractivity (Wildman–Crippen MR) is 67.2 cm³/mol. The quantitative estimate of drug-likeness (QED) is 0.847. The second-order valence-electron chi connectivity index (χ2n) is 3.70. The Morgan fingerprint density at radius 3 is 2.72 bits per heavy atom. The molecule has 0 saturated carbocycles. The number of aromatic nitrogens is 2. The van der Waals surface area contributed by atoms with E-state index in [4.69, 9.17) is 5.11 Å². The number of amides is 1. The average molecular weight is 243 g/mol. The Morgan fingerprint density at radius 2 is 2.00 bits per heavy atom. The molecule has 0 atom stereocenters. The Morgan fingerprint density at radius 1 is 1.22 bits per heavy atom. The van der Waals surface area contributed by atoms with Gasteiger partial charge < -0.3 is 10.4 Å². The molecule has 0 saturated heterocycles. The highest BCUT2D eigenvalue weighted by atomic mass is 16.3. The molecular formula is C13H13N3O2. The first-order valence-corrected chi connectivity index (χ1v) is 5.57. The molecule has 2 aromatic rings. The Hall–Kier alpha value is -2.27. The number of pyridine rings is 2. The summed E-state index contributed by atoms with van der Waals surface area (Å²) in [6, 6.07) is 6.74. The maximum absolute atomic E-state index is 11.9. The van der Waals surface area contributed by atoms with Crippen LogP contribution in [0.1, 0.15) is 16.1 Å². The number of nitrogens with one attached hydrogen (secondary N) is 1. The van der Waals surface area contributed by atoms with E-state index in [1.807, 2.05) is 0 Å². The third-order valence-corrected chi connectivity index (χ3v) is 2.38. The van der Waals surface area contributed by atoms with Crippen molar-refractivity contribution in [2.45, 2.75) is 6.42 Å². The minimum Gasteiger partial charge on any atom is -0.396 e. The molecule has 2 heterocycles. The number of hydrogen-bond donors (Lipinski definition) is 2. The van der Waals surface area contributed by atoms with Crippen LogP contribution in [0, 0.1) is 0 Å². The van der Waals surface area contributed by atoms with E-state index >= 15 is 0 Å². The van der Waals surface area contributed by atoms with Crippen molar-refractivity contribution in [1.82, 2.24) is 9.97 Å². The molecular weight excluding hydrogens is 230 g/mol. The average Bonchev–Trinajstić information content (AvgIpc) is 2.40. The van der Waals surface area contributed by atoms with Gasteiger partial charge in [-0.1, -0.05) is 0 Å². The number of aliphatic hydroxyl groups is 1. The van der Waals surface area contributed by atoms with Crippen LogP contribution in [0.15, 0.2) is 42.9 Å². The summed E-state index contributed by atoms with van der Waals surface area (Å²) in [4.78, 5) is 19.9. The number of aliphatic hydroxyl groups excluding tert-OH is 1. The van der Waals surface area contributed by atoms with Crippen molar-refractivity contribution in [1.29, 1.82) is 0 Å². The van der Waals surface area contributed by atoms with Crippen molar-refractivity contribution in [2.75, 3.05) is 11.9 Å². The fraction of sp³-hybridized carbons (Fsp3) is 0.154. The zero-order valence-corrected chi connectivity index (χ0v) is 9.71. The fourth-order valence-electron chi connectivity index (χ4n) is 1.51. The number of carbonyl (C=O) groups is 1. The van der Waals surface area contributed by atoms with E-state index in [9.17, 15) is 4.79 Å². The summed E-state index contributed by atoms with van der Waals surface area (Å²) >= 11 is 0. The molecule has 0 aliphatic rings. The summed E-state index contributed by atoms with van der Waals surface area (Å²) < 4.78 is 0. The molecule has 5 heteroatoms. The lowest BCUT2D eigenvalue weighted by atomic mass is 10.2. The number of anilines is 1. The maximum atomic E-state index is 11.9. The van der Waals surface area contributed by atoms with Gasteiger partial charge in [0.2, 0.25) is 0 Å². The largest absolute Gasteiger partial charge is 0.396 e. The molecule has 5 nitrogen and oxygen atoms in total. The summed E-state index contributed by atoms with van der Waals surface area (Å²) in [5.41, 5.74) is 1.90. The molecule has 0 aliphatic heterocycles. The molecule has 2 rings (SSSR count). The summed E-state index contributed by atoms with van der Waals surface area (Å²) in [5.74, 6) is -0.206. The summed E-state index contributed by atoms with van der Waals surface area (Å²) in [6.45, 7) is 0.0163. The van der Waals surface area contributed by atoms with Crippen LogP contribution >= 0.6 is 0 Å². The lowest BCUT2D eigenvalue weighted by Crippen LogP contribution is -2.12. The summed E-state index contributed by atoms with van der Waals surface area (Å²) in [7, 11) is 0. The van der Waals surface area contributed by atoms with E-state index in [-0.39, 0.29) is 12.5 Å². The first-order chi connectivity index (χ1) is 8.79. The lowest BCUT2D eigenvalue weighted by molar-refractivity contribution is 0.102. The Labute approximate surface area is 105 Å². The Kier molecular flexibility index (Phi) is 3.98. The highest BCUT2D eigenvalue weighted by molar-refractivity contribution is 6.04. The number of carbonyl (C=O) groups excluding carboxylic acids is 1. The zero-order chi connectivity index (χ0) is 12.8. The predicted octanol–water partition coefficient (Wildman–Crippen LogP) is 1.26. The van der Waals surface area contributed by atoms with Crippen molar-refractivity contribution in [3.8, 4) is 0 Å². The van der Waals surface area contributed by atoms with Gasteiger partial charge in [0.25, 0.3) is 5.91 Å². The minimum atomic E-state index is -0.206. The fourth-order valence-corrected chi connectivity index (χ4v) is 1.51. The standard InChI is InChI=1S/C13H13N3O2/c17-8-4-12-9-10(1-7-15-12)13(18)16-11-2-5-14-6-3-11/h1-3,5-7,9,17H,4,8H2,(H,14,16,18). The Balaban J connectivity index is 2.11. The minimum absolute atomic E-state index is 0.0163. The van der Waals surface area contributed by atoms with Gasteiger partial charge in [-0.25, -0.2) is 0 Å². The van der Waals surface area contributed by atoms with Gasteiger partial charge >= 0.3 is 0 Å². The molecule has 1 amide bonds. The van der Waals surface area contributed by atoms with Gasteiger partial charge in [0.1, 0.15) is 0 Å². The molecule has 0 aromatic carbocycles. The van der Waals surface area contributed by atoms with Gasteiger partial charge in [-0.15, -0.1) is 0 Å². The van der Waals surface area contributed by atoms with Crippen LogP contribution in [0.25, 0.3) is 0 Å². The van der Waals surface area contributed by atoms with Gasteiger partial charge in [0.15, 0.2) is 0 Å². The molecule has 18 heavy (non-hydrogen) atoms. The van der Waals surface area contributed by atoms with Crippen LogP contribution in [0.2, 0.25) is 0 Å². The van der Waals surface area contributed by atoms with Gasteiger partial charge in [-0.05, 0) is 24.3 Å². The SMILES string of the molecule is O=C(Nc1ccncc1)c1ccnc(CCO)c1. The van der Waals surface area contributed by atoms with Crippen LogP contribution in [0.4, 0.5) is 5.69 Å². The molecule has 2 aromatic heterocycles. The third-order valence-electron chi connectivity index (χ3n) is 2.38. The van der Waals surface area contributed by atoms with Crippen LogP contribution in [0.5, 0.6) is 0 Å². The molecule has 0 spiro atoms. The number of rotatable bonds is 4.